The first kappa shape index (κ1) is 13.5. The minimum atomic E-state index is -0.357. The van der Waals surface area contributed by atoms with Crippen molar-refractivity contribution in [3.05, 3.63) is 29.6 Å². The number of aromatic nitrogens is 1. The molecule has 5 nitrogen and oxygen atoms in total. The van der Waals surface area contributed by atoms with Crippen LogP contribution in [0.5, 0.6) is 0 Å². The number of nitrogens with zero attached hydrogens (tertiary/aromatic N) is 2. The maximum Gasteiger partial charge on any atom is 0.325 e. The first-order chi connectivity index (χ1) is 9.13. The number of hydrogen-bond donors (Lipinski definition) is 0. The van der Waals surface area contributed by atoms with Crippen LogP contribution in [0.4, 0.5) is 0 Å². The molecular weight excluding hydrogens is 244 g/mol. The summed E-state index contributed by atoms with van der Waals surface area (Å²) in [6, 6.07) is 3.64. The summed E-state index contributed by atoms with van der Waals surface area (Å²) >= 11 is 0. The second-order valence-corrected chi connectivity index (χ2v) is 4.61. The fourth-order valence-corrected chi connectivity index (χ4v) is 1.96. The monoisotopic (exact) mass is 262 g/mol. The van der Waals surface area contributed by atoms with E-state index in [1.807, 2.05) is 0 Å². The summed E-state index contributed by atoms with van der Waals surface area (Å²) < 4.78 is 4.92. The van der Waals surface area contributed by atoms with E-state index < -0.39 is 0 Å². The number of hydrogen-bond acceptors (Lipinski definition) is 4. The number of aryl methyl sites for hydroxylation is 1. The Morgan fingerprint density at radius 1 is 1.47 bits per heavy atom. The molecule has 1 fully saturated rings. The van der Waals surface area contributed by atoms with Gasteiger partial charge in [-0.25, -0.2) is 0 Å². The Kier molecular flexibility index (Phi) is 4.14. The third-order valence-electron chi connectivity index (χ3n) is 3.09. The molecule has 1 aromatic heterocycles. The van der Waals surface area contributed by atoms with Crippen molar-refractivity contribution in [2.75, 3.05) is 13.2 Å². The van der Waals surface area contributed by atoms with E-state index in [-0.39, 0.29) is 24.5 Å². The van der Waals surface area contributed by atoms with Crippen LogP contribution < -0.4 is 0 Å². The highest BCUT2D eigenvalue weighted by molar-refractivity contribution is 5.97. The van der Waals surface area contributed by atoms with Gasteiger partial charge in [0, 0.05) is 17.9 Å². The van der Waals surface area contributed by atoms with Gasteiger partial charge < -0.3 is 9.64 Å². The molecule has 0 saturated heterocycles. The molecule has 1 amide bonds. The van der Waals surface area contributed by atoms with E-state index in [9.17, 15) is 9.59 Å². The molecule has 0 unspecified atom stereocenters. The lowest BCUT2D eigenvalue weighted by Crippen LogP contribution is -2.38. The standard InChI is InChI=1S/C14H18N2O3/c1-3-19-13(17)9-16(11-6-7-11)14(18)12-5-4-8-15-10(12)2/h4-5,8,11H,3,6-7,9H2,1-2H3. The number of esters is 1. The van der Waals surface area contributed by atoms with Crippen molar-refractivity contribution >= 4 is 11.9 Å². The third kappa shape index (κ3) is 3.30. The number of carbonyl (C=O) groups is 2. The fraction of sp³-hybridized carbons (Fsp3) is 0.500. The van der Waals surface area contributed by atoms with Gasteiger partial charge in [-0.3, -0.25) is 14.6 Å². The second-order valence-electron chi connectivity index (χ2n) is 4.61. The molecular formula is C14H18N2O3. The zero-order valence-corrected chi connectivity index (χ0v) is 11.3. The van der Waals surface area contributed by atoms with Gasteiger partial charge >= 0.3 is 5.97 Å². The Hall–Kier alpha value is -1.91. The number of pyridine rings is 1. The van der Waals surface area contributed by atoms with Gasteiger partial charge in [0.2, 0.25) is 0 Å². The predicted molar refractivity (Wildman–Crippen MR) is 69.7 cm³/mol. The predicted octanol–water partition coefficient (Wildman–Crippen LogP) is 1.56. The molecule has 0 aliphatic heterocycles. The second kappa shape index (κ2) is 5.82. The molecule has 19 heavy (non-hydrogen) atoms. The van der Waals surface area contributed by atoms with Crippen LogP contribution in [0.3, 0.4) is 0 Å². The van der Waals surface area contributed by atoms with E-state index in [1.165, 1.54) is 0 Å². The summed E-state index contributed by atoms with van der Waals surface area (Å²) in [6.07, 6.45) is 3.55. The van der Waals surface area contributed by atoms with E-state index in [0.717, 1.165) is 12.8 Å². The Morgan fingerprint density at radius 2 is 2.21 bits per heavy atom. The van der Waals surface area contributed by atoms with Crippen LogP contribution in [0.1, 0.15) is 35.8 Å². The average Bonchev–Trinajstić information content (AvgIpc) is 3.20. The number of amides is 1. The van der Waals surface area contributed by atoms with Crippen LogP contribution in [0.25, 0.3) is 0 Å². The lowest BCUT2D eigenvalue weighted by Gasteiger charge is -2.21. The van der Waals surface area contributed by atoms with Crippen LogP contribution in [0.2, 0.25) is 0 Å². The molecule has 102 valence electrons. The minimum absolute atomic E-state index is 0.0195. The SMILES string of the molecule is CCOC(=O)CN(C(=O)c1cccnc1C)C1CC1. The Bertz CT molecular complexity index is 483. The fourth-order valence-electron chi connectivity index (χ4n) is 1.96. The lowest BCUT2D eigenvalue weighted by molar-refractivity contribution is -0.144. The zero-order valence-electron chi connectivity index (χ0n) is 11.3. The highest BCUT2D eigenvalue weighted by atomic mass is 16.5. The van der Waals surface area contributed by atoms with Gasteiger partial charge in [0.25, 0.3) is 5.91 Å². The highest BCUT2D eigenvalue weighted by Crippen LogP contribution is 2.28. The van der Waals surface area contributed by atoms with Crippen LogP contribution in [-0.4, -0.2) is 41.0 Å². The van der Waals surface area contributed by atoms with Gasteiger partial charge in [-0.1, -0.05) is 0 Å². The molecule has 1 aromatic rings. The summed E-state index contributed by atoms with van der Waals surface area (Å²) in [6.45, 7) is 3.90. The molecule has 1 heterocycles. The van der Waals surface area contributed by atoms with Crippen molar-refractivity contribution in [3.63, 3.8) is 0 Å². The number of carbonyl (C=O) groups excluding carboxylic acids is 2. The lowest BCUT2D eigenvalue weighted by atomic mass is 10.2. The van der Waals surface area contributed by atoms with Gasteiger partial charge in [-0.15, -0.1) is 0 Å². The van der Waals surface area contributed by atoms with E-state index in [1.54, 1.807) is 37.1 Å². The quantitative estimate of drug-likeness (QED) is 0.755. The normalized spacial score (nSPS) is 14.0. The van der Waals surface area contributed by atoms with Crippen molar-refractivity contribution in [3.8, 4) is 0 Å². The molecule has 5 heteroatoms. The molecule has 1 saturated carbocycles. The zero-order chi connectivity index (χ0) is 13.8. The van der Waals surface area contributed by atoms with Crippen LogP contribution in [0, 0.1) is 6.92 Å². The Balaban J connectivity index is 2.13. The summed E-state index contributed by atoms with van der Waals surface area (Å²) in [7, 11) is 0. The number of ether oxygens (including phenoxy) is 1. The maximum atomic E-state index is 12.5. The first-order valence-electron chi connectivity index (χ1n) is 6.51. The van der Waals surface area contributed by atoms with Gasteiger partial charge in [0.1, 0.15) is 6.54 Å². The molecule has 1 aliphatic carbocycles. The van der Waals surface area contributed by atoms with Gasteiger partial charge in [-0.2, -0.15) is 0 Å². The molecule has 1 aliphatic rings. The van der Waals surface area contributed by atoms with Crippen molar-refractivity contribution in [1.82, 2.24) is 9.88 Å². The summed E-state index contributed by atoms with van der Waals surface area (Å²) in [5, 5.41) is 0. The maximum absolute atomic E-state index is 12.5. The molecule has 2 rings (SSSR count). The molecule has 0 atom stereocenters. The topological polar surface area (TPSA) is 59.5 Å². The minimum Gasteiger partial charge on any atom is -0.465 e. The van der Waals surface area contributed by atoms with Crippen molar-refractivity contribution in [1.29, 1.82) is 0 Å². The Labute approximate surface area is 112 Å². The van der Waals surface area contributed by atoms with E-state index in [2.05, 4.69) is 4.98 Å². The van der Waals surface area contributed by atoms with Gasteiger partial charge in [-0.05, 0) is 38.8 Å². The average molecular weight is 262 g/mol. The number of rotatable bonds is 5. The smallest absolute Gasteiger partial charge is 0.325 e. The van der Waals surface area contributed by atoms with Crippen LogP contribution in [0.15, 0.2) is 18.3 Å². The molecule has 0 radical (unpaired) electrons. The molecule has 0 bridgehead atoms. The first-order valence-corrected chi connectivity index (χ1v) is 6.51. The summed E-state index contributed by atoms with van der Waals surface area (Å²) in [5.41, 5.74) is 1.24. The van der Waals surface area contributed by atoms with Crippen LogP contribution in [-0.2, 0) is 9.53 Å². The highest BCUT2D eigenvalue weighted by Gasteiger charge is 2.35. The largest absolute Gasteiger partial charge is 0.465 e. The van der Waals surface area contributed by atoms with Crippen LogP contribution >= 0.6 is 0 Å². The van der Waals surface area contributed by atoms with E-state index >= 15 is 0 Å². The van der Waals surface area contributed by atoms with Gasteiger partial charge in [0.05, 0.1) is 12.2 Å². The summed E-state index contributed by atoms with van der Waals surface area (Å²) in [5.74, 6) is -0.495. The third-order valence-corrected chi connectivity index (χ3v) is 3.09. The van der Waals surface area contributed by atoms with Gasteiger partial charge in [0.15, 0.2) is 0 Å². The van der Waals surface area contributed by atoms with E-state index in [4.69, 9.17) is 4.74 Å². The van der Waals surface area contributed by atoms with Crippen molar-refractivity contribution in [2.45, 2.75) is 32.7 Å². The van der Waals surface area contributed by atoms with Crippen molar-refractivity contribution in [2.24, 2.45) is 0 Å². The van der Waals surface area contributed by atoms with E-state index in [0.29, 0.717) is 17.9 Å². The molecule has 0 N–H and O–H groups in total. The summed E-state index contributed by atoms with van der Waals surface area (Å²) in [4.78, 5) is 29.8. The Morgan fingerprint density at radius 3 is 2.79 bits per heavy atom. The molecule has 0 aromatic carbocycles. The van der Waals surface area contributed by atoms with Crippen molar-refractivity contribution < 1.29 is 14.3 Å². The molecule has 0 spiro atoms.